The molecule has 1 aromatic heterocycles. The SMILES string of the molecule is COc1cc(NS(=O)(=O)c2cc(-c3cnc(C)o3)ccc2C)cc(OC)c1. The van der Waals surface area contributed by atoms with Crippen molar-refractivity contribution in [3.8, 4) is 22.8 Å². The number of ether oxygens (including phenoxy) is 2. The molecule has 0 aliphatic heterocycles. The number of oxazole rings is 1. The van der Waals surface area contributed by atoms with E-state index in [1.54, 1.807) is 56.4 Å². The highest BCUT2D eigenvalue weighted by Crippen LogP contribution is 2.30. The van der Waals surface area contributed by atoms with Gasteiger partial charge in [0, 0.05) is 30.7 Å². The van der Waals surface area contributed by atoms with E-state index in [9.17, 15) is 8.42 Å². The fourth-order valence-corrected chi connectivity index (χ4v) is 3.93. The van der Waals surface area contributed by atoms with Crippen LogP contribution in [-0.4, -0.2) is 27.6 Å². The Morgan fingerprint density at radius 3 is 2.22 bits per heavy atom. The number of rotatable bonds is 6. The van der Waals surface area contributed by atoms with E-state index >= 15 is 0 Å². The Hall–Kier alpha value is -3.00. The van der Waals surface area contributed by atoms with Crippen LogP contribution in [0.1, 0.15) is 11.5 Å². The van der Waals surface area contributed by atoms with Crippen LogP contribution >= 0.6 is 0 Å². The average Bonchev–Trinajstić information content (AvgIpc) is 3.07. The lowest BCUT2D eigenvalue weighted by atomic mass is 10.1. The number of anilines is 1. The summed E-state index contributed by atoms with van der Waals surface area (Å²) in [6.45, 7) is 3.46. The molecule has 0 atom stereocenters. The quantitative estimate of drug-likeness (QED) is 0.691. The Morgan fingerprint density at radius 2 is 1.67 bits per heavy atom. The lowest BCUT2D eigenvalue weighted by molar-refractivity contribution is 0.395. The molecule has 7 nitrogen and oxygen atoms in total. The van der Waals surface area contributed by atoms with Crippen molar-refractivity contribution >= 4 is 15.7 Å². The Kier molecular flexibility index (Phi) is 5.09. The van der Waals surface area contributed by atoms with Gasteiger partial charge >= 0.3 is 0 Å². The van der Waals surface area contributed by atoms with Crippen molar-refractivity contribution in [1.29, 1.82) is 0 Å². The van der Waals surface area contributed by atoms with Crippen LogP contribution in [0, 0.1) is 13.8 Å². The first-order chi connectivity index (χ1) is 12.8. The summed E-state index contributed by atoms with van der Waals surface area (Å²) in [6.07, 6.45) is 1.57. The Labute approximate surface area is 158 Å². The first kappa shape index (κ1) is 18.8. The highest BCUT2D eigenvalue weighted by atomic mass is 32.2. The van der Waals surface area contributed by atoms with Crippen molar-refractivity contribution in [3.63, 3.8) is 0 Å². The van der Waals surface area contributed by atoms with Crippen molar-refractivity contribution in [2.45, 2.75) is 18.7 Å². The molecule has 0 saturated carbocycles. The number of hydrogen-bond donors (Lipinski definition) is 1. The molecule has 0 spiro atoms. The Morgan fingerprint density at radius 1 is 1.00 bits per heavy atom. The van der Waals surface area contributed by atoms with Crippen molar-refractivity contribution in [3.05, 3.63) is 54.0 Å². The molecule has 142 valence electrons. The largest absolute Gasteiger partial charge is 0.497 e. The van der Waals surface area contributed by atoms with E-state index in [1.165, 1.54) is 14.2 Å². The molecule has 0 aliphatic carbocycles. The second-order valence-corrected chi connectivity index (χ2v) is 7.58. The second-order valence-electron chi connectivity index (χ2n) is 5.93. The van der Waals surface area contributed by atoms with Gasteiger partial charge in [0.1, 0.15) is 11.5 Å². The van der Waals surface area contributed by atoms with Crippen LogP contribution < -0.4 is 14.2 Å². The van der Waals surface area contributed by atoms with Gasteiger partial charge in [-0.25, -0.2) is 13.4 Å². The Bertz CT molecular complexity index is 1050. The van der Waals surface area contributed by atoms with Gasteiger partial charge in [-0.3, -0.25) is 4.72 Å². The fourth-order valence-electron chi connectivity index (χ4n) is 2.61. The fraction of sp³-hybridized carbons (Fsp3) is 0.211. The predicted octanol–water partition coefficient (Wildman–Crippen LogP) is 3.78. The van der Waals surface area contributed by atoms with Gasteiger partial charge in [0.25, 0.3) is 10.0 Å². The zero-order valence-corrected chi connectivity index (χ0v) is 16.3. The van der Waals surface area contributed by atoms with E-state index in [4.69, 9.17) is 13.9 Å². The standard InChI is InChI=1S/C19H20N2O5S/c1-12-5-6-14(18-11-20-13(2)26-18)7-19(12)27(22,23)21-15-8-16(24-3)10-17(9-15)25-4/h5-11,21H,1-4H3. The van der Waals surface area contributed by atoms with Gasteiger partial charge in [-0.15, -0.1) is 0 Å². The number of benzene rings is 2. The zero-order chi connectivity index (χ0) is 19.6. The van der Waals surface area contributed by atoms with Crippen LogP contribution in [-0.2, 0) is 10.0 Å². The maximum absolute atomic E-state index is 13.0. The summed E-state index contributed by atoms with van der Waals surface area (Å²) < 4.78 is 44.4. The first-order valence-corrected chi connectivity index (χ1v) is 9.60. The number of nitrogens with one attached hydrogen (secondary N) is 1. The smallest absolute Gasteiger partial charge is 0.262 e. The average molecular weight is 388 g/mol. The highest BCUT2D eigenvalue weighted by Gasteiger charge is 2.19. The molecule has 0 aliphatic rings. The number of aromatic nitrogens is 1. The summed E-state index contributed by atoms with van der Waals surface area (Å²) in [7, 11) is -0.841. The molecular formula is C19H20N2O5S. The van der Waals surface area contributed by atoms with E-state index < -0.39 is 10.0 Å². The predicted molar refractivity (Wildman–Crippen MR) is 102 cm³/mol. The molecule has 2 aromatic carbocycles. The molecule has 0 radical (unpaired) electrons. The lowest BCUT2D eigenvalue weighted by Crippen LogP contribution is -2.14. The third-order valence-electron chi connectivity index (χ3n) is 3.99. The van der Waals surface area contributed by atoms with E-state index in [0.717, 1.165) is 0 Å². The van der Waals surface area contributed by atoms with Crippen LogP contribution in [0.15, 0.2) is 51.9 Å². The minimum atomic E-state index is -3.84. The molecule has 3 aromatic rings. The topological polar surface area (TPSA) is 90.7 Å². The van der Waals surface area contributed by atoms with E-state index in [2.05, 4.69) is 9.71 Å². The number of nitrogens with zero attached hydrogens (tertiary/aromatic N) is 1. The summed E-state index contributed by atoms with van der Waals surface area (Å²) in [5, 5.41) is 0. The third-order valence-corrected chi connectivity index (χ3v) is 5.51. The molecule has 3 rings (SSSR count). The summed E-state index contributed by atoms with van der Waals surface area (Å²) in [5.74, 6) is 1.98. The summed E-state index contributed by atoms with van der Waals surface area (Å²) in [6, 6.07) is 9.92. The van der Waals surface area contributed by atoms with Gasteiger partial charge in [0.05, 0.1) is 31.0 Å². The maximum atomic E-state index is 13.0. The number of aryl methyl sites for hydroxylation is 2. The van der Waals surface area contributed by atoms with E-state index in [-0.39, 0.29) is 4.90 Å². The molecule has 0 fully saturated rings. The minimum absolute atomic E-state index is 0.149. The number of methoxy groups -OCH3 is 2. The van der Waals surface area contributed by atoms with Crippen LogP contribution in [0.25, 0.3) is 11.3 Å². The van der Waals surface area contributed by atoms with Crippen molar-refractivity contribution in [2.75, 3.05) is 18.9 Å². The molecular weight excluding hydrogens is 368 g/mol. The van der Waals surface area contributed by atoms with Crippen LogP contribution in [0.3, 0.4) is 0 Å². The van der Waals surface area contributed by atoms with Crippen LogP contribution in [0.4, 0.5) is 5.69 Å². The lowest BCUT2D eigenvalue weighted by Gasteiger charge is -2.13. The molecule has 0 bridgehead atoms. The third kappa shape index (κ3) is 4.06. The Balaban J connectivity index is 2.00. The van der Waals surface area contributed by atoms with Gasteiger partial charge in [-0.1, -0.05) is 12.1 Å². The first-order valence-electron chi connectivity index (χ1n) is 8.12. The van der Waals surface area contributed by atoms with Gasteiger partial charge < -0.3 is 13.9 Å². The summed E-state index contributed by atoms with van der Waals surface area (Å²) in [4.78, 5) is 4.20. The van der Waals surface area contributed by atoms with Crippen LogP contribution in [0.2, 0.25) is 0 Å². The van der Waals surface area contributed by atoms with Crippen molar-refractivity contribution in [2.24, 2.45) is 0 Å². The molecule has 0 saturated heterocycles. The summed E-state index contributed by atoms with van der Waals surface area (Å²) >= 11 is 0. The zero-order valence-electron chi connectivity index (χ0n) is 15.4. The molecule has 1 heterocycles. The minimum Gasteiger partial charge on any atom is -0.497 e. The van der Waals surface area contributed by atoms with E-state index in [0.29, 0.717) is 40.0 Å². The normalized spacial score (nSPS) is 11.3. The highest BCUT2D eigenvalue weighted by molar-refractivity contribution is 7.92. The molecule has 8 heteroatoms. The molecule has 0 amide bonds. The van der Waals surface area contributed by atoms with Gasteiger partial charge in [0.15, 0.2) is 11.7 Å². The molecule has 0 unspecified atom stereocenters. The van der Waals surface area contributed by atoms with Gasteiger partial charge in [-0.05, 0) is 18.6 Å². The summed E-state index contributed by atoms with van der Waals surface area (Å²) in [5.41, 5.74) is 1.58. The van der Waals surface area contributed by atoms with Crippen molar-refractivity contribution < 1.29 is 22.3 Å². The molecule has 1 N–H and O–H groups in total. The van der Waals surface area contributed by atoms with Crippen molar-refractivity contribution in [1.82, 2.24) is 4.98 Å². The maximum Gasteiger partial charge on any atom is 0.262 e. The van der Waals surface area contributed by atoms with Gasteiger partial charge in [-0.2, -0.15) is 0 Å². The molecule has 27 heavy (non-hydrogen) atoms. The second kappa shape index (κ2) is 7.32. The van der Waals surface area contributed by atoms with Gasteiger partial charge in [0.2, 0.25) is 0 Å². The van der Waals surface area contributed by atoms with Crippen LogP contribution in [0.5, 0.6) is 11.5 Å². The van der Waals surface area contributed by atoms with E-state index in [1.807, 2.05) is 0 Å². The number of sulfonamides is 1. The number of hydrogen-bond acceptors (Lipinski definition) is 6. The monoisotopic (exact) mass is 388 g/mol.